The van der Waals surface area contributed by atoms with Gasteiger partial charge in [0.15, 0.2) is 0 Å². The van der Waals surface area contributed by atoms with Crippen LogP contribution in [0.4, 0.5) is 0 Å². The Bertz CT molecular complexity index is 1170. The van der Waals surface area contributed by atoms with Crippen molar-refractivity contribution in [2.24, 2.45) is 11.8 Å². The lowest BCUT2D eigenvalue weighted by atomic mass is 9.78. The lowest BCUT2D eigenvalue weighted by Crippen LogP contribution is -2.43. The summed E-state index contributed by atoms with van der Waals surface area (Å²) >= 11 is 0. The highest BCUT2D eigenvalue weighted by Gasteiger charge is 2.28. The fourth-order valence-electron chi connectivity index (χ4n) is 5.00. The Hall–Kier alpha value is -3.34. The number of aromatic nitrogens is 1. The number of hydrogen-bond acceptors (Lipinski definition) is 3. The average molecular weight is 459 g/mol. The molecule has 2 aromatic carbocycles. The molecule has 1 saturated carbocycles. The molecule has 1 aliphatic carbocycles. The Labute approximate surface area is 202 Å². The van der Waals surface area contributed by atoms with E-state index >= 15 is 0 Å². The van der Waals surface area contributed by atoms with Crippen molar-refractivity contribution in [3.05, 3.63) is 77.5 Å². The summed E-state index contributed by atoms with van der Waals surface area (Å²) in [6.45, 7) is 8.54. The fourth-order valence-corrected chi connectivity index (χ4v) is 5.00. The van der Waals surface area contributed by atoms with Crippen LogP contribution in [-0.2, 0) is 4.74 Å². The molecule has 178 valence electrons. The van der Waals surface area contributed by atoms with E-state index in [9.17, 15) is 9.59 Å². The topological polar surface area (TPSA) is 60.3 Å². The Kier molecular flexibility index (Phi) is 7.20. The predicted octanol–water partition coefficient (Wildman–Crippen LogP) is 6.18. The third-order valence-electron chi connectivity index (χ3n) is 7.20. The SMILES string of the molecule is CCOC(=O)c1cc(-c2ccccc2)n(-c2cccc(C(=O)N[C@@H]3CCC[C@H](C)[C@H]3C)c2)c1C. The van der Waals surface area contributed by atoms with Gasteiger partial charge in [0.1, 0.15) is 0 Å². The number of esters is 1. The standard InChI is InChI=1S/C29H34N2O3/c1-5-34-29(33)25-18-27(22-12-7-6-8-13-22)31(21(25)4)24-15-10-14-23(17-24)28(32)30-26-16-9-11-19(2)20(26)3/h6-8,10,12-15,17-20,26H,5,9,11,16H2,1-4H3,(H,30,32)/t19-,20+,26+/m0/s1. The van der Waals surface area contributed by atoms with Crippen molar-refractivity contribution in [2.75, 3.05) is 6.61 Å². The van der Waals surface area contributed by atoms with Gasteiger partial charge < -0.3 is 14.6 Å². The molecule has 0 spiro atoms. The van der Waals surface area contributed by atoms with Crippen molar-refractivity contribution in [3.63, 3.8) is 0 Å². The second-order valence-electron chi connectivity index (χ2n) is 9.35. The Balaban J connectivity index is 1.71. The van der Waals surface area contributed by atoms with Crippen molar-refractivity contribution in [2.45, 2.75) is 53.0 Å². The molecule has 34 heavy (non-hydrogen) atoms. The zero-order valence-electron chi connectivity index (χ0n) is 20.5. The first-order valence-electron chi connectivity index (χ1n) is 12.3. The summed E-state index contributed by atoms with van der Waals surface area (Å²) in [4.78, 5) is 25.8. The molecule has 1 N–H and O–H groups in total. The van der Waals surface area contributed by atoms with Crippen LogP contribution in [0.5, 0.6) is 0 Å². The maximum Gasteiger partial charge on any atom is 0.339 e. The van der Waals surface area contributed by atoms with Crippen molar-refractivity contribution in [1.29, 1.82) is 0 Å². The molecule has 3 aromatic rings. The second-order valence-corrected chi connectivity index (χ2v) is 9.35. The lowest BCUT2D eigenvalue weighted by Gasteiger charge is -2.34. The van der Waals surface area contributed by atoms with Gasteiger partial charge in [-0.3, -0.25) is 4.79 Å². The Morgan fingerprint density at radius 2 is 1.79 bits per heavy atom. The third kappa shape index (κ3) is 4.79. The molecule has 5 heteroatoms. The Morgan fingerprint density at radius 1 is 1.03 bits per heavy atom. The zero-order chi connectivity index (χ0) is 24.2. The highest BCUT2D eigenvalue weighted by Crippen LogP contribution is 2.31. The molecule has 0 radical (unpaired) electrons. The minimum Gasteiger partial charge on any atom is -0.462 e. The maximum atomic E-state index is 13.2. The van der Waals surface area contributed by atoms with Gasteiger partial charge in [-0.05, 0) is 61.9 Å². The second kappa shape index (κ2) is 10.3. The summed E-state index contributed by atoms with van der Waals surface area (Å²) in [6, 6.07) is 19.6. The summed E-state index contributed by atoms with van der Waals surface area (Å²) in [6.07, 6.45) is 3.39. The largest absolute Gasteiger partial charge is 0.462 e. The van der Waals surface area contributed by atoms with Gasteiger partial charge in [-0.25, -0.2) is 4.79 Å². The molecule has 1 heterocycles. The van der Waals surface area contributed by atoms with E-state index in [1.165, 1.54) is 6.42 Å². The monoisotopic (exact) mass is 458 g/mol. The normalized spacial score (nSPS) is 20.1. The van der Waals surface area contributed by atoms with Crippen LogP contribution in [0.1, 0.15) is 66.4 Å². The first kappa shape index (κ1) is 23.8. The quantitative estimate of drug-likeness (QED) is 0.449. The number of carbonyl (C=O) groups excluding carboxylic acids is 2. The van der Waals surface area contributed by atoms with Gasteiger partial charge in [0.25, 0.3) is 5.91 Å². The molecule has 0 unspecified atom stereocenters. The van der Waals surface area contributed by atoms with Crippen molar-refractivity contribution in [3.8, 4) is 16.9 Å². The number of ether oxygens (including phenoxy) is 1. The van der Waals surface area contributed by atoms with Crippen LogP contribution in [-0.4, -0.2) is 29.1 Å². The van der Waals surface area contributed by atoms with E-state index in [0.29, 0.717) is 29.6 Å². The Morgan fingerprint density at radius 3 is 2.53 bits per heavy atom. The molecule has 0 aliphatic heterocycles. The molecule has 1 amide bonds. The number of nitrogens with zero attached hydrogens (tertiary/aromatic N) is 1. The van der Waals surface area contributed by atoms with Crippen LogP contribution in [0, 0.1) is 18.8 Å². The summed E-state index contributed by atoms with van der Waals surface area (Å²) in [5, 5.41) is 3.27. The summed E-state index contributed by atoms with van der Waals surface area (Å²) in [5.74, 6) is 0.682. The van der Waals surface area contributed by atoms with Crippen LogP contribution in [0.15, 0.2) is 60.7 Å². The van der Waals surface area contributed by atoms with Crippen LogP contribution in [0.25, 0.3) is 16.9 Å². The number of amides is 1. The number of nitrogens with one attached hydrogen (secondary N) is 1. The van der Waals surface area contributed by atoms with E-state index in [2.05, 4.69) is 19.2 Å². The number of carbonyl (C=O) groups is 2. The van der Waals surface area contributed by atoms with Crippen LogP contribution >= 0.6 is 0 Å². The molecular weight excluding hydrogens is 424 g/mol. The van der Waals surface area contributed by atoms with Gasteiger partial charge in [-0.1, -0.05) is 63.1 Å². The van der Waals surface area contributed by atoms with E-state index < -0.39 is 0 Å². The van der Waals surface area contributed by atoms with Gasteiger partial charge >= 0.3 is 5.97 Å². The van der Waals surface area contributed by atoms with Crippen LogP contribution in [0.3, 0.4) is 0 Å². The predicted molar refractivity (Wildman–Crippen MR) is 135 cm³/mol. The van der Waals surface area contributed by atoms with E-state index in [0.717, 1.165) is 35.5 Å². The van der Waals surface area contributed by atoms with E-state index in [1.54, 1.807) is 6.92 Å². The van der Waals surface area contributed by atoms with Gasteiger partial charge in [-0.2, -0.15) is 0 Å². The smallest absolute Gasteiger partial charge is 0.339 e. The van der Waals surface area contributed by atoms with Gasteiger partial charge in [0.2, 0.25) is 0 Å². The van der Waals surface area contributed by atoms with Crippen molar-refractivity contribution >= 4 is 11.9 Å². The number of rotatable bonds is 6. The van der Waals surface area contributed by atoms with E-state index in [-0.39, 0.29) is 17.9 Å². The van der Waals surface area contributed by atoms with E-state index in [4.69, 9.17) is 4.74 Å². The maximum absolute atomic E-state index is 13.2. The minimum atomic E-state index is -0.342. The zero-order valence-corrected chi connectivity index (χ0v) is 20.5. The van der Waals surface area contributed by atoms with Gasteiger partial charge in [0.05, 0.1) is 17.9 Å². The summed E-state index contributed by atoms with van der Waals surface area (Å²) in [5.41, 5.74) is 4.64. The average Bonchev–Trinajstić information content (AvgIpc) is 3.20. The molecule has 1 aromatic heterocycles. The third-order valence-corrected chi connectivity index (χ3v) is 7.20. The molecule has 4 rings (SSSR count). The van der Waals surface area contributed by atoms with Crippen molar-refractivity contribution < 1.29 is 14.3 Å². The van der Waals surface area contributed by atoms with Crippen LogP contribution in [0.2, 0.25) is 0 Å². The lowest BCUT2D eigenvalue weighted by molar-refractivity contribution is 0.0525. The first-order chi connectivity index (χ1) is 16.4. The highest BCUT2D eigenvalue weighted by atomic mass is 16.5. The van der Waals surface area contributed by atoms with E-state index in [1.807, 2.05) is 72.2 Å². The highest BCUT2D eigenvalue weighted by molar-refractivity contribution is 5.96. The van der Waals surface area contributed by atoms with Gasteiger partial charge in [-0.15, -0.1) is 0 Å². The van der Waals surface area contributed by atoms with Gasteiger partial charge in [0, 0.05) is 23.0 Å². The van der Waals surface area contributed by atoms with Crippen LogP contribution < -0.4 is 5.32 Å². The molecule has 1 fully saturated rings. The molecule has 0 saturated heterocycles. The molecule has 0 bridgehead atoms. The number of hydrogen-bond donors (Lipinski definition) is 1. The number of benzene rings is 2. The molecule has 5 nitrogen and oxygen atoms in total. The first-order valence-corrected chi connectivity index (χ1v) is 12.3. The molecular formula is C29H34N2O3. The molecule has 1 aliphatic rings. The minimum absolute atomic E-state index is 0.0514. The van der Waals surface area contributed by atoms with Crippen molar-refractivity contribution in [1.82, 2.24) is 9.88 Å². The molecule has 3 atom stereocenters. The summed E-state index contributed by atoms with van der Waals surface area (Å²) in [7, 11) is 0. The fraction of sp³-hybridized carbons (Fsp3) is 0.379. The summed E-state index contributed by atoms with van der Waals surface area (Å²) < 4.78 is 7.33.